The highest BCUT2D eigenvalue weighted by molar-refractivity contribution is 14.1. The van der Waals surface area contributed by atoms with Crippen molar-refractivity contribution in [3.05, 3.63) is 26.3 Å². The summed E-state index contributed by atoms with van der Waals surface area (Å²) in [6, 6.07) is 3.51. The predicted molar refractivity (Wildman–Crippen MR) is 56.6 cm³/mol. The van der Waals surface area contributed by atoms with Crippen LogP contribution in [0.5, 0.6) is 5.75 Å². The minimum Gasteiger partial charge on any atom is -0.495 e. The molecule has 0 amide bonds. The lowest BCUT2D eigenvalue weighted by Crippen LogP contribution is -1.91. The molecule has 12 heavy (non-hydrogen) atoms. The van der Waals surface area contributed by atoms with E-state index < -0.39 is 0 Å². The molecule has 0 aliphatic rings. The van der Waals surface area contributed by atoms with E-state index in [0.29, 0.717) is 10.8 Å². The van der Waals surface area contributed by atoms with Crippen LogP contribution in [0, 0.1) is 3.57 Å². The molecule has 0 aliphatic carbocycles. The molecule has 0 heterocycles. The first-order chi connectivity index (χ1) is 5.69. The number of aliphatic hydroxyl groups is 1. The number of aliphatic hydroxyl groups excluding tert-OH is 1. The van der Waals surface area contributed by atoms with E-state index in [0.717, 1.165) is 9.13 Å². The number of methoxy groups -OCH3 is 1. The van der Waals surface area contributed by atoms with E-state index in [1.165, 1.54) is 0 Å². The third-order valence-corrected chi connectivity index (χ3v) is 2.79. The van der Waals surface area contributed by atoms with Crippen molar-refractivity contribution in [2.24, 2.45) is 0 Å². The van der Waals surface area contributed by atoms with Gasteiger partial charge >= 0.3 is 0 Å². The molecule has 0 aromatic heterocycles. The smallest absolute Gasteiger partial charge is 0.137 e. The molecule has 0 saturated heterocycles. The van der Waals surface area contributed by atoms with E-state index in [2.05, 4.69) is 22.6 Å². The van der Waals surface area contributed by atoms with Crippen LogP contribution in [0.4, 0.5) is 0 Å². The third kappa shape index (κ3) is 2.02. The van der Waals surface area contributed by atoms with Crippen LogP contribution in [0.1, 0.15) is 5.56 Å². The average Bonchev–Trinajstić information content (AvgIpc) is 2.05. The molecule has 0 fully saturated rings. The van der Waals surface area contributed by atoms with Crippen LogP contribution in [-0.4, -0.2) is 12.2 Å². The van der Waals surface area contributed by atoms with Crippen molar-refractivity contribution in [3.8, 4) is 5.75 Å². The second-order valence-corrected chi connectivity index (χ2v) is 3.81. The SMILES string of the molecule is COc1cc(CO)c(I)cc1Cl. The second-order valence-electron chi connectivity index (χ2n) is 2.24. The summed E-state index contributed by atoms with van der Waals surface area (Å²) in [4.78, 5) is 0. The molecule has 0 atom stereocenters. The van der Waals surface area contributed by atoms with E-state index in [1.807, 2.05) is 0 Å². The zero-order valence-corrected chi connectivity index (χ0v) is 9.39. The van der Waals surface area contributed by atoms with Crippen LogP contribution in [-0.2, 0) is 6.61 Å². The molecule has 0 aliphatic heterocycles. The van der Waals surface area contributed by atoms with E-state index >= 15 is 0 Å². The lowest BCUT2D eigenvalue weighted by Gasteiger charge is -2.06. The van der Waals surface area contributed by atoms with Crippen molar-refractivity contribution >= 4 is 34.2 Å². The number of ether oxygens (including phenoxy) is 1. The maximum absolute atomic E-state index is 8.93. The summed E-state index contributed by atoms with van der Waals surface area (Å²) in [5.74, 6) is 0.598. The number of halogens is 2. The van der Waals surface area contributed by atoms with Gasteiger partial charge in [-0.25, -0.2) is 0 Å². The first kappa shape index (κ1) is 10.1. The molecule has 0 saturated carbocycles. The molecule has 0 radical (unpaired) electrons. The van der Waals surface area contributed by atoms with Crippen LogP contribution < -0.4 is 4.74 Å². The van der Waals surface area contributed by atoms with Crippen molar-refractivity contribution in [3.63, 3.8) is 0 Å². The van der Waals surface area contributed by atoms with Gasteiger partial charge in [0.05, 0.1) is 18.7 Å². The van der Waals surface area contributed by atoms with Gasteiger partial charge in [0.1, 0.15) is 5.75 Å². The van der Waals surface area contributed by atoms with Crippen LogP contribution >= 0.6 is 34.2 Å². The third-order valence-electron chi connectivity index (χ3n) is 1.49. The monoisotopic (exact) mass is 298 g/mol. The molecule has 0 unspecified atom stereocenters. The molecular formula is C8H8ClIO2. The van der Waals surface area contributed by atoms with Crippen LogP contribution in [0.3, 0.4) is 0 Å². The van der Waals surface area contributed by atoms with Gasteiger partial charge in [0.25, 0.3) is 0 Å². The molecule has 0 spiro atoms. The predicted octanol–water partition coefficient (Wildman–Crippen LogP) is 2.45. The van der Waals surface area contributed by atoms with Gasteiger partial charge in [-0.1, -0.05) is 11.6 Å². The van der Waals surface area contributed by atoms with Gasteiger partial charge in [-0.2, -0.15) is 0 Å². The number of hydrogen-bond donors (Lipinski definition) is 1. The quantitative estimate of drug-likeness (QED) is 0.850. The van der Waals surface area contributed by atoms with Crippen molar-refractivity contribution in [2.45, 2.75) is 6.61 Å². The van der Waals surface area contributed by atoms with Crippen molar-refractivity contribution in [1.29, 1.82) is 0 Å². The van der Waals surface area contributed by atoms with E-state index in [1.54, 1.807) is 19.2 Å². The Bertz CT molecular complexity index is 263. The molecule has 2 nitrogen and oxygen atoms in total. The normalized spacial score (nSPS) is 10.0. The first-order valence-corrected chi connectivity index (χ1v) is 4.77. The Morgan fingerprint density at radius 1 is 1.58 bits per heavy atom. The van der Waals surface area contributed by atoms with Gasteiger partial charge in [-0.05, 0) is 40.3 Å². The molecule has 4 heteroatoms. The summed E-state index contributed by atoms with van der Waals surface area (Å²) < 4.78 is 5.94. The summed E-state index contributed by atoms with van der Waals surface area (Å²) in [5, 5.41) is 9.49. The fraction of sp³-hybridized carbons (Fsp3) is 0.250. The molecule has 1 N–H and O–H groups in total. The van der Waals surface area contributed by atoms with Crippen LogP contribution in [0.2, 0.25) is 5.02 Å². The minimum atomic E-state index is 0.00576. The maximum Gasteiger partial charge on any atom is 0.137 e. The highest BCUT2D eigenvalue weighted by Crippen LogP contribution is 2.28. The van der Waals surface area contributed by atoms with Gasteiger partial charge in [-0.3, -0.25) is 0 Å². The lowest BCUT2D eigenvalue weighted by molar-refractivity contribution is 0.280. The first-order valence-electron chi connectivity index (χ1n) is 3.31. The van der Waals surface area contributed by atoms with E-state index in [-0.39, 0.29) is 6.61 Å². The number of hydrogen-bond acceptors (Lipinski definition) is 2. The molecule has 0 bridgehead atoms. The number of rotatable bonds is 2. The largest absolute Gasteiger partial charge is 0.495 e. The summed E-state index contributed by atoms with van der Waals surface area (Å²) >= 11 is 7.97. The Kier molecular flexibility index (Phi) is 3.61. The number of benzene rings is 1. The second kappa shape index (κ2) is 4.30. The minimum absolute atomic E-state index is 0.00576. The summed E-state index contributed by atoms with van der Waals surface area (Å²) in [5.41, 5.74) is 0.830. The van der Waals surface area contributed by atoms with Gasteiger partial charge in [0.2, 0.25) is 0 Å². The summed E-state index contributed by atoms with van der Waals surface area (Å²) in [6.07, 6.45) is 0. The van der Waals surface area contributed by atoms with Crippen molar-refractivity contribution in [1.82, 2.24) is 0 Å². The van der Waals surface area contributed by atoms with Crippen molar-refractivity contribution < 1.29 is 9.84 Å². The highest BCUT2D eigenvalue weighted by atomic mass is 127. The summed E-state index contributed by atoms with van der Waals surface area (Å²) in [6.45, 7) is 0.00576. The maximum atomic E-state index is 8.93. The molecule has 1 aromatic rings. The van der Waals surface area contributed by atoms with Crippen LogP contribution in [0.15, 0.2) is 12.1 Å². The molecule has 66 valence electrons. The summed E-state index contributed by atoms with van der Waals surface area (Å²) in [7, 11) is 1.55. The molecular weight excluding hydrogens is 290 g/mol. The Morgan fingerprint density at radius 2 is 2.25 bits per heavy atom. The topological polar surface area (TPSA) is 29.5 Å². The molecule has 1 aromatic carbocycles. The zero-order chi connectivity index (χ0) is 9.14. The van der Waals surface area contributed by atoms with E-state index in [4.69, 9.17) is 21.4 Å². The van der Waals surface area contributed by atoms with Gasteiger partial charge in [0, 0.05) is 3.57 Å². The van der Waals surface area contributed by atoms with Gasteiger partial charge in [-0.15, -0.1) is 0 Å². The van der Waals surface area contributed by atoms with Gasteiger partial charge in [0.15, 0.2) is 0 Å². The highest BCUT2D eigenvalue weighted by Gasteiger charge is 2.05. The Balaban J connectivity index is 3.18. The fourth-order valence-electron chi connectivity index (χ4n) is 0.849. The lowest BCUT2D eigenvalue weighted by atomic mass is 10.2. The Hall–Kier alpha value is -0.000000000000000167. The Morgan fingerprint density at radius 3 is 2.75 bits per heavy atom. The molecule has 1 rings (SSSR count). The standard InChI is InChI=1S/C8H8ClIO2/c1-12-8-2-5(4-11)7(10)3-6(8)9/h2-3,11H,4H2,1H3. The zero-order valence-electron chi connectivity index (χ0n) is 6.47. The van der Waals surface area contributed by atoms with Gasteiger partial charge < -0.3 is 9.84 Å². The van der Waals surface area contributed by atoms with Crippen molar-refractivity contribution in [2.75, 3.05) is 7.11 Å². The Labute approximate surface area is 89.6 Å². The fourth-order valence-corrected chi connectivity index (χ4v) is 1.91. The van der Waals surface area contributed by atoms with E-state index in [9.17, 15) is 0 Å². The van der Waals surface area contributed by atoms with Crippen LogP contribution in [0.25, 0.3) is 0 Å². The average molecular weight is 299 g/mol.